The second kappa shape index (κ2) is 4.08. The van der Waals surface area contributed by atoms with Crippen molar-refractivity contribution >= 4 is 11.7 Å². The first kappa shape index (κ1) is 10.9. The highest BCUT2D eigenvalue weighted by Crippen LogP contribution is 2.29. The Kier molecular flexibility index (Phi) is 2.77. The second-order valence-electron chi connectivity index (χ2n) is 3.75. The molecule has 1 fully saturated rings. The van der Waals surface area contributed by atoms with Crippen molar-refractivity contribution < 1.29 is 18.7 Å². The van der Waals surface area contributed by atoms with Crippen LogP contribution in [0.25, 0.3) is 0 Å². The number of carboxylic acids is 1. The standard InChI is InChI=1S/C11H11F2NO2/c12-7-3-4-8(13)10(9(7)11(15)16)14-5-1-2-6-14/h3-4H,1-2,5-6H2,(H,15,16). The lowest BCUT2D eigenvalue weighted by Crippen LogP contribution is -2.23. The molecule has 0 saturated carbocycles. The fourth-order valence-electron chi connectivity index (χ4n) is 1.99. The number of aromatic carboxylic acids is 1. The summed E-state index contributed by atoms with van der Waals surface area (Å²) in [5.41, 5.74) is -0.688. The molecule has 0 unspecified atom stereocenters. The van der Waals surface area contributed by atoms with Crippen molar-refractivity contribution in [2.75, 3.05) is 18.0 Å². The Balaban J connectivity index is 2.55. The van der Waals surface area contributed by atoms with Crippen molar-refractivity contribution in [3.05, 3.63) is 29.3 Å². The second-order valence-corrected chi connectivity index (χ2v) is 3.75. The van der Waals surface area contributed by atoms with Gasteiger partial charge in [0.25, 0.3) is 0 Å². The first-order valence-corrected chi connectivity index (χ1v) is 5.07. The molecule has 3 nitrogen and oxygen atoms in total. The van der Waals surface area contributed by atoms with Gasteiger partial charge in [0, 0.05) is 13.1 Å². The van der Waals surface area contributed by atoms with Crippen LogP contribution in [0.15, 0.2) is 12.1 Å². The van der Waals surface area contributed by atoms with Crippen molar-refractivity contribution in [1.82, 2.24) is 0 Å². The molecule has 0 bridgehead atoms. The van der Waals surface area contributed by atoms with E-state index in [9.17, 15) is 13.6 Å². The molecule has 1 aromatic carbocycles. The fraction of sp³-hybridized carbons (Fsp3) is 0.364. The van der Waals surface area contributed by atoms with Gasteiger partial charge in [-0.2, -0.15) is 0 Å². The molecule has 0 amide bonds. The summed E-state index contributed by atoms with van der Waals surface area (Å²) in [7, 11) is 0. The minimum atomic E-state index is -1.43. The molecule has 16 heavy (non-hydrogen) atoms. The van der Waals surface area contributed by atoms with Gasteiger partial charge in [-0.3, -0.25) is 0 Å². The Morgan fingerprint density at radius 3 is 2.31 bits per heavy atom. The Labute approximate surface area is 91.3 Å². The van der Waals surface area contributed by atoms with Gasteiger partial charge in [-0.15, -0.1) is 0 Å². The number of rotatable bonds is 2. The predicted molar refractivity (Wildman–Crippen MR) is 54.8 cm³/mol. The third kappa shape index (κ3) is 1.73. The van der Waals surface area contributed by atoms with Gasteiger partial charge in [-0.05, 0) is 25.0 Å². The molecule has 86 valence electrons. The summed E-state index contributed by atoms with van der Waals surface area (Å²) >= 11 is 0. The molecule has 1 heterocycles. The molecule has 1 aliphatic rings. The maximum atomic E-state index is 13.6. The van der Waals surface area contributed by atoms with E-state index in [0.29, 0.717) is 13.1 Å². The number of hydrogen-bond donors (Lipinski definition) is 1. The van der Waals surface area contributed by atoms with Crippen molar-refractivity contribution in [1.29, 1.82) is 0 Å². The summed E-state index contributed by atoms with van der Waals surface area (Å²) in [5.74, 6) is -3.00. The number of nitrogens with zero attached hydrogens (tertiary/aromatic N) is 1. The summed E-state index contributed by atoms with van der Waals surface area (Å²) in [4.78, 5) is 12.5. The topological polar surface area (TPSA) is 40.5 Å². The maximum absolute atomic E-state index is 13.6. The zero-order valence-corrected chi connectivity index (χ0v) is 8.54. The normalized spacial score (nSPS) is 15.5. The largest absolute Gasteiger partial charge is 0.478 e. The van der Waals surface area contributed by atoms with E-state index in [2.05, 4.69) is 0 Å². The van der Waals surface area contributed by atoms with Crippen LogP contribution in [0.1, 0.15) is 23.2 Å². The number of hydrogen-bond acceptors (Lipinski definition) is 2. The van der Waals surface area contributed by atoms with Crippen LogP contribution in [0.2, 0.25) is 0 Å². The lowest BCUT2D eigenvalue weighted by Gasteiger charge is -2.20. The number of halogens is 2. The van der Waals surface area contributed by atoms with Crippen molar-refractivity contribution in [2.24, 2.45) is 0 Å². The Hall–Kier alpha value is -1.65. The molecule has 0 spiro atoms. The average molecular weight is 227 g/mol. The molecular weight excluding hydrogens is 216 g/mol. The maximum Gasteiger partial charge on any atom is 0.340 e. The molecule has 0 aliphatic carbocycles. The molecule has 1 N–H and O–H groups in total. The Morgan fingerprint density at radius 1 is 1.19 bits per heavy atom. The molecule has 0 radical (unpaired) electrons. The van der Waals surface area contributed by atoms with Gasteiger partial charge < -0.3 is 10.0 Å². The summed E-state index contributed by atoms with van der Waals surface area (Å²) in [5, 5.41) is 8.90. The zero-order valence-electron chi connectivity index (χ0n) is 8.54. The summed E-state index contributed by atoms with van der Waals surface area (Å²) in [6.45, 7) is 1.14. The number of benzene rings is 1. The predicted octanol–water partition coefficient (Wildman–Crippen LogP) is 2.26. The molecule has 1 saturated heterocycles. The Morgan fingerprint density at radius 2 is 1.75 bits per heavy atom. The van der Waals surface area contributed by atoms with E-state index in [1.807, 2.05) is 0 Å². The number of carbonyl (C=O) groups is 1. The monoisotopic (exact) mass is 227 g/mol. The highest BCUT2D eigenvalue weighted by Gasteiger charge is 2.25. The first-order valence-electron chi connectivity index (χ1n) is 5.07. The van der Waals surface area contributed by atoms with E-state index >= 15 is 0 Å². The third-order valence-corrected chi connectivity index (χ3v) is 2.71. The van der Waals surface area contributed by atoms with Crippen LogP contribution in [0.4, 0.5) is 14.5 Å². The summed E-state index contributed by atoms with van der Waals surface area (Å²) in [6.07, 6.45) is 1.74. The van der Waals surface area contributed by atoms with E-state index in [0.717, 1.165) is 25.0 Å². The van der Waals surface area contributed by atoms with Crippen LogP contribution >= 0.6 is 0 Å². The molecule has 5 heteroatoms. The Bertz CT molecular complexity index is 428. The minimum Gasteiger partial charge on any atom is -0.478 e. The van der Waals surface area contributed by atoms with Gasteiger partial charge in [-0.25, -0.2) is 13.6 Å². The SMILES string of the molecule is O=C(O)c1c(F)ccc(F)c1N1CCCC1. The van der Waals surface area contributed by atoms with Gasteiger partial charge in [0.05, 0.1) is 5.69 Å². The highest BCUT2D eigenvalue weighted by molar-refractivity contribution is 5.95. The molecular formula is C11H11F2NO2. The molecule has 0 aromatic heterocycles. The van der Waals surface area contributed by atoms with E-state index < -0.39 is 23.2 Å². The van der Waals surface area contributed by atoms with Crippen molar-refractivity contribution in [2.45, 2.75) is 12.8 Å². The van der Waals surface area contributed by atoms with Crippen molar-refractivity contribution in [3.63, 3.8) is 0 Å². The number of anilines is 1. The van der Waals surface area contributed by atoms with Gasteiger partial charge in [0.15, 0.2) is 0 Å². The molecule has 1 aromatic rings. The lowest BCUT2D eigenvalue weighted by molar-refractivity contribution is 0.0692. The first-order chi connectivity index (χ1) is 7.61. The van der Waals surface area contributed by atoms with Gasteiger partial charge >= 0.3 is 5.97 Å². The van der Waals surface area contributed by atoms with Gasteiger partial charge in [0.2, 0.25) is 0 Å². The van der Waals surface area contributed by atoms with E-state index in [1.165, 1.54) is 0 Å². The van der Waals surface area contributed by atoms with Crippen LogP contribution in [-0.2, 0) is 0 Å². The van der Waals surface area contributed by atoms with Crippen LogP contribution in [0, 0.1) is 11.6 Å². The van der Waals surface area contributed by atoms with Crippen LogP contribution < -0.4 is 4.90 Å². The van der Waals surface area contributed by atoms with E-state index in [1.54, 1.807) is 4.90 Å². The summed E-state index contributed by atoms with van der Waals surface area (Å²) in [6, 6.07) is 1.81. The quantitative estimate of drug-likeness (QED) is 0.842. The third-order valence-electron chi connectivity index (χ3n) is 2.71. The van der Waals surface area contributed by atoms with Crippen LogP contribution in [-0.4, -0.2) is 24.2 Å². The molecule has 1 aliphatic heterocycles. The van der Waals surface area contributed by atoms with Gasteiger partial charge in [-0.1, -0.05) is 0 Å². The zero-order chi connectivity index (χ0) is 11.7. The van der Waals surface area contributed by atoms with Gasteiger partial charge in [0.1, 0.15) is 17.2 Å². The summed E-state index contributed by atoms with van der Waals surface area (Å²) < 4.78 is 26.9. The van der Waals surface area contributed by atoms with Crippen molar-refractivity contribution in [3.8, 4) is 0 Å². The van der Waals surface area contributed by atoms with Crippen LogP contribution in [0.5, 0.6) is 0 Å². The molecule has 2 rings (SSSR count). The van der Waals surface area contributed by atoms with E-state index in [-0.39, 0.29) is 5.69 Å². The lowest BCUT2D eigenvalue weighted by atomic mass is 10.1. The van der Waals surface area contributed by atoms with E-state index in [4.69, 9.17) is 5.11 Å². The fourth-order valence-corrected chi connectivity index (χ4v) is 1.99. The van der Waals surface area contributed by atoms with Crippen LogP contribution in [0.3, 0.4) is 0 Å². The number of carboxylic acid groups (broad SMARTS) is 1. The minimum absolute atomic E-state index is 0.120. The average Bonchev–Trinajstić information content (AvgIpc) is 2.73. The highest BCUT2D eigenvalue weighted by atomic mass is 19.1. The smallest absolute Gasteiger partial charge is 0.340 e. The molecule has 0 atom stereocenters.